The Morgan fingerprint density at radius 2 is 1.96 bits per heavy atom. The molecule has 1 aliphatic heterocycles. The number of hydrogen-bond acceptors (Lipinski definition) is 5. The minimum absolute atomic E-state index is 0.224. The first-order valence-corrected chi connectivity index (χ1v) is 9.69. The lowest BCUT2D eigenvalue weighted by molar-refractivity contribution is -0.130. The van der Waals surface area contributed by atoms with Gasteiger partial charge in [0, 0.05) is 37.1 Å². The maximum absolute atomic E-state index is 12.6. The molecule has 1 saturated carbocycles. The van der Waals surface area contributed by atoms with Crippen molar-refractivity contribution in [2.24, 2.45) is 0 Å². The number of carbonyl (C=O) groups is 1. The maximum atomic E-state index is 12.6. The Balaban J connectivity index is 1.54. The van der Waals surface area contributed by atoms with Crippen molar-refractivity contribution in [3.05, 3.63) is 10.6 Å². The van der Waals surface area contributed by atoms with Gasteiger partial charge in [0.05, 0.1) is 12.1 Å². The van der Waals surface area contributed by atoms with Crippen LogP contribution in [0.15, 0.2) is 0 Å². The molecule has 2 N–H and O–H groups in total. The van der Waals surface area contributed by atoms with E-state index < -0.39 is 0 Å². The van der Waals surface area contributed by atoms with Gasteiger partial charge in [0.1, 0.15) is 0 Å². The molecule has 2 fully saturated rings. The topological polar surface area (TPSA) is 62.5 Å². The maximum Gasteiger partial charge on any atom is 0.227 e. The SMILES string of the molecule is Cc1nc(N)sc1CC(=O)N1CCCN(C2CCCCC2)CC1. The summed E-state index contributed by atoms with van der Waals surface area (Å²) in [5, 5.41) is 0.560. The molecule has 6 heteroatoms. The molecule has 128 valence electrons. The number of aromatic nitrogens is 1. The summed E-state index contributed by atoms with van der Waals surface area (Å²) in [7, 11) is 0. The fourth-order valence-electron chi connectivity index (χ4n) is 3.86. The molecule has 0 atom stereocenters. The van der Waals surface area contributed by atoms with E-state index in [-0.39, 0.29) is 5.91 Å². The largest absolute Gasteiger partial charge is 0.375 e. The molecule has 0 radical (unpaired) electrons. The third kappa shape index (κ3) is 4.23. The van der Waals surface area contributed by atoms with Gasteiger partial charge < -0.3 is 10.6 Å². The molecule has 1 amide bonds. The van der Waals surface area contributed by atoms with Gasteiger partial charge in [-0.15, -0.1) is 11.3 Å². The molecule has 0 unspecified atom stereocenters. The molecule has 1 aromatic heterocycles. The minimum Gasteiger partial charge on any atom is -0.375 e. The molecule has 1 saturated heterocycles. The monoisotopic (exact) mass is 336 g/mol. The van der Waals surface area contributed by atoms with Crippen LogP contribution >= 0.6 is 11.3 Å². The van der Waals surface area contributed by atoms with E-state index >= 15 is 0 Å². The van der Waals surface area contributed by atoms with Gasteiger partial charge in [0.15, 0.2) is 5.13 Å². The summed E-state index contributed by atoms with van der Waals surface area (Å²) in [6.45, 7) is 5.85. The van der Waals surface area contributed by atoms with Crippen molar-refractivity contribution in [2.75, 3.05) is 31.9 Å². The predicted molar refractivity (Wildman–Crippen MR) is 94.6 cm³/mol. The van der Waals surface area contributed by atoms with Gasteiger partial charge in [-0.1, -0.05) is 19.3 Å². The fourth-order valence-corrected chi connectivity index (χ4v) is 4.69. The van der Waals surface area contributed by atoms with Gasteiger partial charge in [0.25, 0.3) is 0 Å². The molecule has 2 heterocycles. The number of nitrogens with two attached hydrogens (primary N) is 1. The Hall–Kier alpha value is -1.14. The zero-order chi connectivity index (χ0) is 16.2. The first kappa shape index (κ1) is 16.7. The van der Waals surface area contributed by atoms with Crippen LogP contribution in [0, 0.1) is 6.92 Å². The lowest BCUT2D eigenvalue weighted by Gasteiger charge is -2.33. The summed E-state index contributed by atoms with van der Waals surface area (Å²) in [5.41, 5.74) is 6.64. The molecular weight excluding hydrogens is 308 g/mol. The molecule has 5 nitrogen and oxygen atoms in total. The number of aryl methyl sites for hydroxylation is 1. The number of thiazole rings is 1. The average molecular weight is 337 g/mol. The Kier molecular flexibility index (Phi) is 5.54. The minimum atomic E-state index is 0.224. The second kappa shape index (κ2) is 7.62. The Bertz CT molecular complexity index is 539. The van der Waals surface area contributed by atoms with Crippen LogP contribution in [0.3, 0.4) is 0 Å². The number of nitrogen functional groups attached to an aromatic ring is 1. The van der Waals surface area contributed by atoms with E-state index in [1.165, 1.54) is 43.4 Å². The zero-order valence-electron chi connectivity index (χ0n) is 14.1. The van der Waals surface area contributed by atoms with E-state index in [1.807, 2.05) is 11.8 Å². The second-order valence-electron chi connectivity index (χ2n) is 6.80. The third-order valence-electron chi connectivity index (χ3n) is 5.20. The highest BCUT2D eigenvalue weighted by molar-refractivity contribution is 7.15. The number of amides is 1. The van der Waals surface area contributed by atoms with Crippen LogP contribution in [0.4, 0.5) is 5.13 Å². The number of anilines is 1. The van der Waals surface area contributed by atoms with Crippen LogP contribution < -0.4 is 5.73 Å². The van der Waals surface area contributed by atoms with Crippen LogP contribution in [0.1, 0.15) is 49.1 Å². The first-order valence-electron chi connectivity index (χ1n) is 8.87. The van der Waals surface area contributed by atoms with Gasteiger partial charge >= 0.3 is 0 Å². The summed E-state index contributed by atoms with van der Waals surface area (Å²) in [6.07, 6.45) is 8.36. The molecule has 0 aromatic carbocycles. The lowest BCUT2D eigenvalue weighted by Crippen LogP contribution is -2.40. The standard InChI is InChI=1S/C17H28N4OS/c1-13-15(23-17(18)19-13)12-16(22)21-9-5-8-20(10-11-21)14-6-3-2-4-7-14/h14H,2-12H2,1H3,(H2,18,19). The van der Waals surface area contributed by atoms with E-state index in [9.17, 15) is 4.79 Å². The van der Waals surface area contributed by atoms with Crippen molar-refractivity contribution in [2.45, 2.75) is 57.9 Å². The Morgan fingerprint density at radius 1 is 1.17 bits per heavy atom. The average Bonchev–Trinajstić information content (AvgIpc) is 2.76. The Morgan fingerprint density at radius 3 is 2.65 bits per heavy atom. The van der Waals surface area contributed by atoms with Gasteiger partial charge in [-0.3, -0.25) is 9.69 Å². The molecule has 1 aromatic rings. The van der Waals surface area contributed by atoms with Crippen LogP contribution in [0.5, 0.6) is 0 Å². The fraction of sp³-hybridized carbons (Fsp3) is 0.765. The summed E-state index contributed by atoms with van der Waals surface area (Å²) in [6, 6.07) is 0.752. The number of rotatable bonds is 3. The van der Waals surface area contributed by atoms with Gasteiger partial charge in [-0.2, -0.15) is 0 Å². The Labute approximate surface area is 142 Å². The summed E-state index contributed by atoms with van der Waals surface area (Å²) in [4.78, 5) is 22.5. The first-order chi connectivity index (χ1) is 11.1. The lowest BCUT2D eigenvalue weighted by atomic mass is 9.94. The highest BCUT2D eigenvalue weighted by atomic mass is 32.1. The second-order valence-corrected chi connectivity index (χ2v) is 7.91. The molecule has 1 aliphatic carbocycles. The van der Waals surface area contributed by atoms with Crippen LogP contribution in [0.25, 0.3) is 0 Å². The third-order valence-corrected chi connectivity index (χ3v) is 6.18. The van der Waals surface area contributed by atoms with E-state index in [0.29, 0.717) is 11.6 Å². The van der Waals surface area contributed by atoms with E-state index in [4.69, 9.17) is 5.73 Å². The van der Waals surface area contributed by atoms with Gasteiger partial charge in [0.2, 0.25) is 5.91 Å². The normalized spacial score (nSPS) is 21.3. The van der Waals surface area contributed by atoms with Crippen LogP contribution in [-0.2, 0) is 11.2 Å². The highest BCUT2D eigenvalue weighted by Gasteiger charge is 2.25. The zero-order valence-corrected chi connectivity index (χ0v) is 14.9. The van der Waals surface area contributed by atoms with Gasteiger partial charge in [-0.05, 0) is 26.2 Å². The quantitative estimate of drug-likeness (QED) is 0.921. The number of nitrogens with zero attached hydrogens (tertiary/aromatic N) is 3. The van der Waals surface area contributed by atoms with Crippen molar-refractivity contribution >= 4 is 22.4 Å². The van der Waals surface area contributed by atoms with Crippen LogP contribution in [-0.4, -0.2) is 52.9 Å². The summed E-state index contributed by atoms with van der Waals surface area (Å²) in [5.74, 6) is 0.224. The molecule has 2 aliphatic rings. The van der Waals surface area contributed by atoms with Crippen molar-refractivity contribution in [3.63, 3.8) is 0 Å². The van der Waals surface area contributed by atoms with Crippen molar-refractivity contribution in [1.29, 1.82) is 0 Å². The summed E-state index contributed by atoms with van der Waals surface area (Å²) < 4.78 is 0. The van der Waals surface area contributed by atoms with Crippen molar-refractivity contribution in [1.82, 2.24) is 14.8 Å². The number of carbonyl (C=O) groups excluding carboxylic acids is 1. The van der Waals surface area contributed by atoms with E-state index in [1.54, 1.807) is 0 Å². The highest BCUT2D eigenvalue weighted by Crippen LogP contribution is 2.24. The predicted octanol–water partition coefficient (Wildman–Crippen LogP) is 2.44. The smallest absolute Gasteiger partial charge is 0.227 e. The van der Waals surface area contributed by atoms with E-state index in [2.05, 4.69) is 9.88 Å². The van der Waals surface area contributed by atoms with Crippen molar-refractivity contribution in [3.8, 4) is 0 Å². The molecule has 0 spiro atoms. The molecule has 0 bridgehead atoms. The molecular formula is C17H28N4OS. The van der Waals surface area contributed by atoms with Gasteiger partial charge in [-0.25, -0.2) is 4.98 Å². The number of hydrogen-bond donors (Lipinski definition) is 1. The molecule has 3 rings (SSSR count). The molecule has 23 heavy (non-hydrogen) atoms. The summed E-state index contributed by atoms with van der Waals surface area (Å²) >= 11 is 1.44. The van der Waals surface area contributed by atoms with Crippen LogP contribution in [0.2, 0.25) is 0 Å². The van der Waals surface area contributed by atoms with E-state index in [0.717, 1.165) is 49.2 Å². The van der Waals surface area contributed by atoms with Crippen molar-refractivity contribution < 1.29 is 4.79 Å².